The van der Waals surface area contributed by atoms with Crippen LogP contribution in [0.25, 0.3) is 0 Å². The van der Waals surface area contributed by atoms with E-state index < -0.39 is 0 Å². The lowest BCUT2D eigenvalue weighted by atomic mass is 10.2. The van der Waals surface area contributed by atoms with Crippen LogP contribution in [0.1, 0.15) is 24.6 Å². The minimum atomic E-state index is 0.111. The van der Waals surface area contributed by atoms with Crippen molar-refractivity contribution in [3.63, 3.8) is 0 Å². The molecule has 0 unspecified atom stereocenters. The number of hydrogen-bond acceptors (Lipinski definition) is 2. The molecular formula is C10H16N2O. The molecule has 3 nitrogen and oxygen atoms in total. The molecule has 0 saturated carbocycles. The zero-order valence-electron chi connectivity index (χ0n) is 8.18. The first-order valence-corrected chi connectivity index (χ1v) is 4.63. The number of aromatic nitrogens is 1. The number of pyridine rings is 1. The lowest BCUT2D eigenvalue weighted by Gasteiger charge is -2.02. The minimum Gasteiger partial charge on any atom is -0.365 e. The van der Waals surface area contributed by atoms with Gasteiger partial charge in [-0.15, -0.1) is 0 Å². The normalized spacial score (nSPS) is 10.3. The summed E-state index contributed by atoms with van der Waals surface area (Å²) in [6.45, 7) is 5.59. The summed E-state index contributed by atoms with van der Waals surface area (Å²) in [5, 5.41) is 3.19. The van der Waals surface area contributed by atoms with E-state index in [1.807, 2.05) is 6.92 Å². The number of H-pyrrole nitrogens is 1. The molecular weight excluding hydrogens is 164 g/mol. The zero-order chi connectivity index (χ0) is 9.68. The summed E-state index contributed by atoms with van der Waals surface area (Å²) in [5.41, 5.74) is 1.82. The highest BCUT2D eigenvalue weighted by molar-refractivity contribution is 5.13. The molecule has 0 aromatic carbocycles. The van der Waals surface area contributed by atoms with E-state index in [1.165, 1.54) is 0 Å². The molecule has 0 aliphatic carbocycles. The van der Waals surface area contributed by atoms with Gasteiger partial charge in [0.25, 0.3) is 0 Å². The molecule has 13 heavy (non-hydrogen) atoms. The fourth-order valence-electron chi connectivity index (χ4n) is 1.14. The van der Waals surface area contributed by atoms with Crippen LogP contribution in [0.15, 0.2) is 17.1 Å². The largest absolute Gasteiger partial charge is 0.365 e. The van der Waals surface area contributed by atoms with Crippen LogP contribution >= 0.6 is 0 Å². The Hall–Kier alpha value is -1.09. The molecule has 1 rings (SSSR count). The molecule has 72 valence electrons. The van der Waals surface area contributed by atoms with Crippen molar-refractivity contribution in [2.45, 2.75) is 26.8 Å². The van der Waals surface area contributed by atoms with Gasteiger partial charge in [0.15, 0.2) is 5.43 Å². The number of rotatable bonds is 4. The molecule has 0 bridgehead atoms. The number of nitrogens with one attached hydrogen (secondary N) is 2. The van der Waals surface area contributed by atoms with E-state index in [9.17, 15) is 4.79 Å². The Morgan fingerprint density at radius 1 is 1.54 bits per heavy atom. The summed E-state index contributed by atoms with van der Waals surface area (Å²) in [6, 6.07) is 1.63. The predicted octanol–water partition coefficient (Wildman–Crippen LogP) is 1.18. The quantitative estimate of drug-likeness (QED) is 0.683. The Morgan fingerprint density at radius 2 is 2.31 bits per heavy atom. The highest BCUT2D eigenvalue weighted by atomic mass is 16.1. The van der Waals surface area contributed by atoms with Crippen molar-refractivity contribution in [2.75, 3.05) is 6.54 Å². The maximum absolute atomic E-state index is 11.4. The first-order chi connectivity index (χ1) is 6.24. The van der Waals surface area contributed by atoms with Crippen molar-refractivity contribution in [2.24, 2.45) is 0 Å². The molecule has 1 heterocycles. The van der Waals surface area contributed by atoms with Crippen LogP contribution in [-0.4, -0.2) is 11.5 Å². The van der Waals surface area contributed by atoms with Gasteiger partial charge in [-0.1, -0.05) is 6.92 Å². The van der Waals surface area contributed by atoms with Crippen LogP contribution in [0.2, 0.25) is 0 Å². The molecule has 0 radical (unpaired) electrons. The highest BCUT2D eigenvalue weighted by Crippen LogP contribution is 1.91. The minimum absolute atomic E-state index is 0.111. The molecule has 1 aromatic rings. The summed E-state index contributed by atoms with van der Waals surface area (Å²) in [4.78, 5) is 14.4. The van der Waals surface area contributed by atoms with Crippen LogP contribution in [-0.2, 0) is 6.54 Å². The Kier molecular flexibility index (Phi) is 3.71. The Morgan fingerprint density at radius 3 is 2.92 bits per heavy atom. The topological polar surface area (TPSA) is 44.9 Å². The second-order valence-electron chi connectivity index (χ2n) is 3.18. The summed E-state index contributed by atoms with van der Waals surface area (Å²) in [6.07, 6.45) is 2.87. The van der Waals surface area contributed by atoms with E-state index in [-0.39, 0.29) is 5.43 Å². The van der Waals surface area contributed by atoms with Gasteiger partial charge in [-0.2, -0.15) is 0 Å². The van der Waals surface area contributed by atoms with Crippen LogP contribution in [0.3, 0.4) is 0 Å². The third-order valence-electron chi connectivity index (χ3n) is 1.88. The lowest BCUT2D eigenvalue weighted by Crippen LogP contribution is -2.20. The predicted molar refractivity (Wildman–Crippen MR) is 53.8 cm³/mol. The Balaban J connectivity index is 2.62. The van der Waals surface area contributed by atoms with Crippen molar-refractivity contribution in [3.8, 4) is 0 Å². The fourth-order valence-corrected chi connectivity index (χ4v) is 1.14. The van der Waals surface area contributed by atoms with Gasteiger partial charge in [0.1, 0.15) is 0 Å². The summed E-state index contributed by atoms with van der Waals surface area (Å²) < 4.78 is 0. The number of hydrogen-bond donors (Lipinski definition) is 2. The van der Waals surface area contributed by atoms with E-state index in [2.05, 4.69) is 17.2 Å². The summed E-state index contributed by atoms with van der Waals surface area (Å²) in [7, 11) is 0. The van der Waals surface area contributed by atoms with Gasteiger partial charge in [-0.05, 0) is 19.9 Å². The Labute approximate surface area is 78.2 Å². The SMILES string of the molecule is CCCNCc1c[nH]c(C)cc1=O. The molecule has 2 N–H and O–H groups in total. The van der Waals surface area contributed by atoms with Gasteiger partial charge in [0.2, 0.25) is 0 Å². The average molecular weight is 180 g/mol. The van der Waals surface area contributed by atoms with Crippen LogP contribution in [0, 0.1) is 6.92 Å². The van der Waals surface area contributed by atoms with Gasteiger partial charge in [-0.25, -0.2) is 0 Å². The second kappa shape index (κ2) is 4.82. The average Bonchev–Trinajstić information content (AvgIpc) is 2.09. The molecule has 0 aliphatic rings. The van der Waals surface area contributed by atoms with Gasteiger partial charge in [0.05, 0.1) is 0 Å². The van der Waals surface area contributed by atoms with Gasteiger partial charge < -0.3 is 10.3 Å². The molecule has 0 atom stereocenters. The molecule has 0 fully saturated rings. The Bertz CT molecular complexity index is 317. The van der Waals surface area contributed by atoms with Gasteiger partial charge in [0, 0.05) is 30.1 Å². The summed E-state index contributed by atoms with van der Waals surface area (Å²) >= 11 is 0. The summed E-state index contributed by atoms with van der Waals surface area (Å²) in [5.74, 6) is 0. The third-order valence-corrected chi connectivity index (χ3v) is 1.88. The lowest BCUT2D eigenvalue weighted by molar-refractivity contribution is 0.671. The fraction of sp³-hybridized carbons (Fsp3) is 0.500. The van der Waals surface area contributed by atoms with E-state index in [4.69, 9.17) is 0 Å². The van der Waals surface area contributed by atoms with E-state index in [0.29, 0.717) is 6.54 Å². The van der Waals surface area contributed by atoms with Crippen LogP contribution < -0.4 is 10.7 Å². The smallest absolute Gasteiger partial charge is 0.186 e. The molecule has 0 amide bonds. The van der Waals surface area contributed by atoms with Gasteiger partial charge in [-0.3, -0.25) is 4.79 Å². The van der Waals surface area contributed by atoms with Crippen molar-refractivity contribution in [1.82, 2.24) is 10.3 Å². The monoisotopic (exact) mass is 180 g/mol. The zero-order valence-corrected chi connectivity index (χ0v) is 8.18. The van der Waals surface area contributed by atoms with Crippen molar-refractivity contribution >= 4 is 0 Å². The maximum atomic E-state index is 11.4. The standard InChI is InChI=1S/C10H16N2O/c1-3-4-11-6-9-7-12-8(2)5-10(9)13/h5,7,11H,3-4,6H2,1-2H3,(H,12,13). The molecule has 0 aliphatic heterocycles. The first kappa shape index (κ1) is 9.99. The molecule has 0 spiro atoms. The third kappa shape index (κ3) is 3.03. The number of aryl methyl sites for hydroxylation is 1. The van der Waals surface area contributed by atoms with Crippen LogP contribution in [0.5, 0.6) is 0 Å². The maximum Gasteiger partial charge on any atom is 0.186 e. The highest BCUT2D eigenvalue weighted by Gasteiger charge is 1.97. The molecule has 0 saturated heterocycles. The van der Waals surface area contributed by atoms with E-state index in [1.54, 1.807) is 12.3 Å². The molecule has 1 aromatic heterocycles. The second-order valence-corrected chi connectivity index (χ2v) is 3.18. The van der Waals surface area contributed by atoms with Crippen molar-refractivity contribution in [1.29, 1.82) is 0 Å². The first-order valence-electron chi connectivity index (χ1n) is 4.63. The van der Waals surface area contributed by atoms with E-state index in [0.717, 1.165) is 24.2 Å². The molecule has 3 heteroatoms. The van der Waals surface area contributed by atoms with E-state index >= 15 is 0 Å². The van der Waals surface area contributed by atoms with Gasteiger partial charge >= 0.3 is 0 Å². The number of aromatic amines is 1. The van der Waals surface area contributed by atoms with Crippen molar-refractivity contribution in [3.05, 3.63) is 33.7 Å². The van der Waals surface area contributed by atoms with Crippen molar-refractivity contribution < 1.29 is 0 Å². The van der Waals surface area contributed by atoms with Crippen LogP contribution in [0.4, 0.5) is 0 Å².